The second-order valence-corrected chi connectivity index (χ2v) is 6.98. The second-order valence-electron chi connectivity index (χ2n) is 6.98. The molecule has 2 aliphatic rings. The summed E-state index contributed by atoms with van der Waals surface area (Å²) in [5.74, 6) is 0.858. The number of piperidine rings is 1. The van der Waals surface area contributed by atoms with Gasteiger partial charge in [-0.25, -0.2) is 0 Å². The number of carbonyl (C=O) groups is 1. The third-order valence-electron chi connectivity index (χ3n) is 5.39. The van der Waals surface area contributed by atoms with E-state index in [0.717, 1.165) is 49.0 Å². The van der Waals surface area contributed by atoms with Crippen molar-refractivity contribution in [2.24, 2.45) is 5.92 Å². The highest BCUT2D eigenvalue weighted by atomic mass is 16.5. The van der Waals surface area contributed by atoms with Crippen LogP contribution in [0.25, 0.3) is 10.9 Å². The molecule has 2 fully saturated rings. The van der Waals surface area contributed by atoms with Crippen molar-refractivity contribution in [3.05, 3.63) is 42.1 Å². The van der Waals surface area contributed by atoms with Gasteiger partial charge in [0.1, 0.15) is 0 Å². The number of hydrogen-bond acceptors (Lipinski definition) is 3. The number of benzene rings is 1. The number of likely N-dealkylation sites (tertiary alicyclic amines) is 1. The van der Waals surface area contributed by atoms with E-state index >= 15 is 0 Å². The van der Waals surface area contributed by atoms with E-state index in [1.165, 1.54) is 12.8 Å². The van der Waals surface area contributed by atoms with Gasteiger partial charge < -0.3 is 9.64 Å². The molecule has 0 N–H and O–H groups in total. The molecular formula is C20H24N2O2. The average Bonchev–Trinajstić information content (AvgIpc) is 3.16. The van der Waals surface area contributed by atoms with E-state index in [0.29, 0.717) is 18.4 Å². The minimum absolute atomic E-state index is 0.220. The lowest BCUT2D eigenvalue weighted by atomic mass is 9.89. The van der Waals surface area contributed by atoms with E-state index in [1.807, 2.05) is 35.4 Å². The molecule has 24 heavy (non-hydrogen) atoms. The zero-order valence-corrected chi connectivity index (χ0v) is 14.0. The van der Waals surface area contributed by atoms with E-state index in [-0.39, 0.29) is 5.91 Å². The van der Waals surface area contributed by atoms with Crippen LogP contribution in [0.1, 0.15) is 31.2 Å². The Hall–Kier alpha value is -1.94. The number of pyridine rings is 1. The molecular weight excluding hydrogens is 300 g/mol. The zero-order valence-electron chi connectivity index (χ0n) is 14.0. The summed E-state index contributed by atoms with van der Waals surface area (Å²) in [6.45, 7) is 2.65. The molecule has 0 aliphatic carbocycles. The molecule has 3 heterocycles. The summed E-state index contributed by atoms with van der Waals surface area (Å²) in [7, 11) is 0. The Bertz CT molecular complexity index is 716. The van der Waals surface area contributed by atoms with Crippen molar-refractivity contribution in [3.63, 3.8) is 0 Å². The van der Waals surface area contributed by atoms with Crippen molar-refractivity contribution in [1.29, 1.82) is 0 Å². The minimum atomic E-state index is 0.220. The van der Waals surface area contributed by atoms with Gasteiger partial charge in [0.05, 0.1) is 18.0 Å². The van der Waals surface area contributed by atoms with Crippen molar-refractivity contribution in [3.8, 4) is 0 Å². The lowest BCUT2D eigenvalue weighted by Crippen LogP contribution is -2.41. The maximum atomic E-state index is 12.6. The molecule has 1 aromatic heterocycles. The molecule has 126 valence electrons. The van der Waals surface area contributed by atoms with Crippen LogP contribution in [-0.2, 0) is 16.0 Å². The Morgan fingerprint density at radius 1 is 1.21 bits per heavy atom. The summed E-state index contributed by atoms with van der Waals surface area (Å²) >= 11 is 0. The van der Waals surface area contributed by atoms with Gasteiger partial charge in [0.2, 0.25) is 5.91 Å². The fraction of sp³-hybridized carbons (Fsp3) is 0.500. The third-order valence-corrected chi connectivity index (χ3v) is 5.39. The Kier molecular flexibility index (Phi) is 4.48. The third kappa shape index (κ3) is 3.29. The first-order valence-electron chi connectivity index (χ1n) is 9.02. The summed E-state index contributed by atoms with van der Waals surface area (Å²) < 4.78 is 5.81. The fourth-order valence-corrected chi connectivity index (χ4v) is 3.99. The Morgan fingerprint density at radius 2 is 2.04 bits per heavy atom. The van der Waals surface area contributed by atoms with Crippen LogP contribution in [-0.4, -0.2) is 41.6 Å². The normalized spacial score (nSPS) is 22.2. The molecule has 0 saturated carbocycles. The van der Waals surface area contributed by atoms with Crippen LogP contribution < -0.4 is 0 Å². The Morgan fingerprint density at radius 3 is 2.83 bits per heavy atom. The van der Waals surface area contributed by atoms with Gasteiger partial charge in [0, 0.05) is 31.3 Å². The zero-order chi connectivity index (χ0) is 16.4. The van der Waals surface area contributed by atoms with Crippen LogP contribution >= 0.6 is 0 Å². The van der Waals surface area contributed by atoms with Crippen molar-refractivity contribution in [1.82, 2.24) is 9.88 Å². The molecule has 1 amide bonds. The molecule has 4 nitrogen and oxygen atoms in total. The maximum Gasteiger partial charge on any atom is 0.227 e. The molecule has 0 spiro atoms. The number of carbonyl (C=O) groups excluding carboxylic acids is 1. The van der Waals surface area contributed by atoms with E-state index < -0.39 is 0 Å². The van der Waals surface area contributed by atoms with Crippen molar-refractivity contribution in [2.75, 3.05) is 19.7 Å². The molecule has 2 saturated heterocycles. The largest absolute Gasteiger partial charge is 0.378 e. The number of hydrogen-bond donors (Lipinski definition) is 0. The average molecular weight is 324 g/mol. The number of para-hydroxylation sites is 1. The Balaban J connectivity index is 1.35. The van der Waals surface area contributed by atoms with Crippen LogP contribution in [0.3, 0.4) is 0 Å². The predicted octanol–water partition coefficient (Wildman–Crippen LogP) is 3.19. The molecule has 2 aliphatic heterocycles. The molecule has 1 unspecified atom stereocenters. The number of amides is 1. The number of fused-ring (bicyclic) bond motifs is 1. The van der Waals surface area contributed by atoms with Crippen LogP contribution in [0.5, 0.6) is 0 Å². The predicted molar refractivity (Wildman–Crippen MR) is 93.7 cm³/mol. The SMILES string of the molecule is O=C(Cc1cnc2ccccc2c1)N1CCC(C2CCCO2)CC1. The summed E-state index contributed by atoms with van der Waals surface area (Å²) in [6.07, 6.45) is 7.26. The van der Waals surface area contributed by atoms with Gasteiger partial charge in [-0.05, 0) is 49.3 Å². The lowest BCUT2D eigenvalue weighted by molar-refractivity contribution is -0.132. The Labute approximate surface area is 142 Å². The van der Waals surface area contributed by atoms with Crippen molar-refractivity contribution in [2.45, 2.75) is 38.2 Å². The standard InChI is InChI=1S/C20H24N2O2/c23-20(13-15-12-17-4-1-2-5-18(17)21-14-15)22-9-7-16(8-10-22)19-6-3-11-24-19/h1-2,4-5,12,14,16,19H,3,6-11,13H2. The molecule has 1 atom stereocenters. The van der Waals surface area contributed by atoms with Gasteiger partial charge in [-0.15, -0.1) is 0 Å². The smallest absolute Gasteiger partial charge is 0.227 e. The molecule has 4 heteroatoms. The molecule has 4 rings (SSSR count). The highest BCUT2D eigenvalue weighted by Crippen LogP contribution is 2.29. The van der Waals surface area contributed by atoms with Crippen LogP contribution in [0.2, 0.25) is 0 Å². The second kappa shape index (κ2) is 6.89. The van der Waals surface area contributed by atoms with Gasteiger partial charge in [-0.3, -0.25) is 9.78 Å². The monoisotopic (exact) mass is 324 g/mol. The van der Waals surface area contributed by atoms with Crippen LogP contribution in [0.4, 0.5) is 0 Å². The quantitative estimate of drug-likeness (QED) is 0.871. The summed E-state index contributed by atoms with van der Waals surface area (Å²) in [5.41, 5.74) is 1.98. The van der Waals surface area contributed by atoms with Crippen molar-refractivity contribution < 1.29 is 9.53 Å². The fourth-order valence-electron chi connectivity index (χ4n) is 3.99. The topological polar surface area (TPSA) is 42.4 Å². The first-order chi connectivity index (χ1) is 11.8. The van der Waals surface area contributed by atoms with E-state index in [9.17, 15) is 4.79 Å². The van der Waals surface area contributed by atoms with Gasteiger partial charge in [0.25, 0.3) is 0 Å². The van der Waals surface area contributed by atoms with Crippen molar-refractivity contribution >= 4 is 16.8 Å². The van der Waals surface area contributed by atoms with Gasteiger partial charge >= 0.3 is 0 Å². The van der Waals surface area contributed by atoms with Gasteiger partial charge in [-0.2, -0.15) is 0 Å². The molecule has 2 aromatic rings. The van der Waals surface area contributed by atoms with Gasteiger partial charge in [-0.1, -0.05) is 18.2 Å². The number of nitrogens with zero attached hydrogens (tertiary/aromatic N) is 2. The van der Waals surface area contributed by atoms with E-state index in [2.05, 4.69) is 11.1 Å². The summed E-state index contributed by atoms with van der Waals surface area (Å²) in [4.78, 5) is 19.1. The maximum absolute atomic E-state index is 12.6. The summed E-state index contributed by atoms with van der Waals surface area (Å²) in [6, 6.07) is 10.1. The molecule has 0 bridgehead atoms. The first-order valence-corrected chi connectivity index (χ1v) is 9.02. The highest BCUT2D eigenvalue weighted by molar-refractivity contribution is 5.82. The number of rotatable bonds is 3. The molecule has 1 aromatic carbocycles. The van der Waals surface area contributed by atoms with E-state index in [4.69, 9.17) is 4.74 Å². The van der Waals surface area contributed by atoms with E-state index in [1.54, 1.807) is 0 Å². The summed E-state index contributed by atoms with van der Waals surface area (Å²) in [5, 5.41) is 1.10. The van der Waals surface area contributed by atoms with Crippen LogP contribution in [0, 0.1) is 5.92 Å². The lowest BCUT2D eigenvalue weighted by Gasteiger charge is -2.34. The van der Waals surface area contributed by atoms with Crippen LogP contribution in [0.15, 0.2) is 36.5 Å². The highest BCUT2D eigenvalue weighted by Gasteiger charge is 2.30. The first kappa shape index (κ1) is 15.6. The minimum Gasteiger partial charge on any atom is -0.378 e. The molecule has 0 radical (unpaired) electrons. The van der Waals surface area contributed by atoms with Gasteiger partial charge in [0.15, 0.2) is 0 Å². The number of ether oxygens (including phenoxy) is 1. The number of aromatic nitrogens is 1.